The average Bonchev–Trinajstić information content (AvgIpc) is 3.04. The van der Waals surface area contributed by atoms with Gasteiger partial charge in [-0.2, -0.15) is 0 Å². The number of carbonyl (C=O) groups excluding carboxylic acids is 1. The minimum absolute atomic E-state index is 0.0478. The highest BCUT2D eigenvalue weighted by atomic mass is 32.2. The molecule has 0 unspecified atom stereocenters. The van der Waals surface area contributed by atoms with Crippen molar-refractivity contribution in [3.8, 4) is 0 Å². The first-order valence-electron chi connectivity index (χ1n) is 8.29. The van der Waals surface area contributed by atoms with Gasteiger partial charge in [-0.05, 0) is 29.7 Å². The number of aromatic nitrogens is 2. The molecule has 1 aliphatic heterocycles. The summed E-state index contributed by atoms with van der Waals surface area (Å²) in [4.78, 5) is 18.0. The highest BCUT2D eigenvalue weighted by molar-refractivity contribution is 7.89. The number of nitrogens with zero attached hydrogens (tertiary/aromatic N) is 3. The van der Waals surface area contributed by atoms with Gasteiger partial charge in [0.15, 0.2) is 0 Å². The van der Waals surface area contributed by atoms with Gasteiger partial charge in [0, 0.05) is 36.7 Å². The van der Waals surface area contributed by atoms with Gasteiger partial charge in [0.05, 0.1) is 13.1 Å². The second kappa shape index (κ2) is 6.54. The molecule has 0 spiro atoms. The zero-order valence-electron chi connectivity index (χ0n) is 14.0. The molecule has 8 heteroatoms. The molecular weight excluding hydrogens is 352 g/mol. The summed E-state index contributed by atoms with van der Waals surface area (Å²) in [5, 5.41) is 1.15. The summed E-state index contributed by atoms with van der Waals surface area (Å²) < 4.78 is 29.0. The minimum atomic E-state index is -3.74. The lowest BCUT2D eigenvalue weighted by atomic mass is 10.2. The molecular formula is C18H18N4O3S. The SMILES string of the molecule is O=C(CNS(=O)(=O)c1cccnc1)N1CCn2c(cc3ccccc32)C1. The molecule has 0 fully saturated rings. The number of hydrogen-bond acceptors (Lipinski definition) is 4. The normalized spacial score (nSPS) is 14.4. The van der Waals surface area contributed by atoms with Gasteiger partial charge in [-0.25, -0.2) is 13.1 Å². The molecule has 2 aromatic heterocycles. The van der Waals surface area contributed by atoms with Crippen molar-refractivity contribution < 1.29 is 13.2 Å². The molecule has 1 aromatic carbocycles. The summed E-state index contributed by atoms with van der Waals surface area (Å²) >= 11 is 0. The van der Waals surface area contributed by atoms with Gasteiger partial charge in [-0.15, -0.1) is 0 Å². The fraction of sp³-hybridized carbons (Fsp3) is 0.222. The van der Waals surface area contributed by atoms with Crippen molar-refractivity contribution in [3.63, 3.8) is 0 Å². The second-order valence-corrected chi connectivity index (χ2v) is 7.94. The van der Waals surface area contributed by atoms with Crippen molar-refractivity contribution in [1.29, 1.82) is 0 Å². The number of pyridine rings is 1. The van der Waals surface area contributed by atoms with Crippen LogP contribution in [0.5, 0.6) is 0 Å². The molecule has 1 aliphatic rings. The van der Waals surface area contributed by atoms with Crippen LogP contribution in [0.4, 0.5) is 0 Å². The Labute approximate surface area is 151 Å². The van der Waals surface area contributed by atoms with E-state index < -0.39 is 10.0 Å². The van der Waals surface area contributed by atoms with Crippen molar-refractivity contribution in [2.24, 2.45) is 0 Å². The summed E-state index contributed by atoms with van der Waals surface area (Å²) in [5.41, 5.74) is 2.22. The van der Waals surface area contributed by atoms with Crippen LogP contribution in [-0.4, -0.2) is 41.9 Å². The molecule has 1 N–H and O–H groups in total. The van der Waals surface area contributed by atoms with Crippen LogP contribution in [0.3, 0.4) is 0 Å². The van der Waals surface area contributed by atoms with E-state index in [1.165, 1.54) is 18.5 Å². The van der Waals surface area contributed by atoms with Gasteiger partial charge >= 0.3 is 0 Å². The lowest BCUT2D eigenvalue weighted by Crippen LogP contribution is -2.43. The summed E-state index contributed by atoms with van der Waals surface area (Å²) in [6.45, 7) is 1.46. The highest BCUT2D eigenvalue weighted by Gasteiger charge is 2.24. The maximum atomic E-state index is 12.5. The number of amides is 1. The van der Waals surface area contributed by atoms with E-state index in [4.69, 9.17) is 0 Å². The maximum absolute atomic E-state index is 12.5. The van der Waals surface area contributed by atoms with Crippen molar-refractivity contribution in [3.05, 3.63) is 60.6 Å². The fourth-order valence-electron chi connectivity index (χ4n) is 3.23. The Morgan fingerprint density at radius 2 is 2.00 bits per heavy atom. The van der Waals surface area contributed by atoms with Crippen molar-refractivity contribution in [2.45, 2.75) is 18.0 Å². The first-order valence-corrected chi connectivity index (χ1v) is 9.77. The molecule has 7 nitrogen and oxygen atoms in total. The standard InChI is InChI=1S/C18H18N4O3S/c23-18(12-20-26(24,25)16-5-3-7-19-11-16)21-8-9-22-15(13-21)10-14-4-1-2-6-17(14)22/h1-7,10-11,20H,8-9,12-13H2. The van der Waals surface area contributed by atoms with Crippen molar-refractivity contribution in [2.75, 3.05) is 13.1 Å². The third-order valence-corrected chi connectivity index (χ3v) is 5.94. The largest absolute Gasteiger partial charge is 0.341 e. The average molecular weight is 370 g/mol. The van der Waals surface area contributed by atoms with Crippen LogP contribution >= 0.6 is 0 Å². The molecule has 0 saturated carbocycles. The molecule has 3 aromatic rings. The van der Waals surface area contributed by atoms with E-state index in [1.807, 2.05) is 12.1 Å². The molecule has 4 rings (SSSR count). The molecule has 0 bridgehead atoms. The van der Waals surface area contributed by atoms with Crippen LogP contribution in [0.25, 0.3) is 10.9 Å². The summed E-state index contributed by atoms with van der Waals surface area (Å²) in [7, 11) is -3.74. The zero-order chi connectivity index (χ0) is 18.1. The number of sulfonamides is 1. The third-order valence-electron chi connectivity index (χ3n) is 4.55. The van der Waals surface area contributed by atoms with Crippen LogP contribution in [0.1, 0.15) is 5.69 Å². The predicted octanol–water partition coefficient (Wildman–Crippen LogP) is 1.36. The molecule has 26 heavy (non-hydrogen) atoms. The Bertz CT molecular complexity index is 1060. The summed E-state index contributed by atoms with van der Waals surface area (Å²) in [5.74, 6) is -0.242. The molecule has 1 amide bonds. The van der Waals surface area contributed by atoms with Crippen LogP contribution < -0.4 is 4.72 Å². The van der Waals surface area contributed by atoms with Crippen LogP contribution in [0, 0.1) is 0 Å². The summed E-state index contributed by atoms with van der Waals surface area (Å²) in [6, 6.07) is 13.2. The fourth-order valence-corrected chi connectivity index (χ4v) is 4.17. The van der Waals surface area contributed by atoms with Crippen LogP contribution in [0.2, 0.25) is 0 Å². The quantitative estimate of drug-likeness (QED) is 0.751. The van der Waals surface area contributed by atoms with Crippen LogP contribution in [0.15, 0.2) is 59.8 Å². The highest BCUT2D eigenvalue weighted by Crippen LogP contribution is 2.23. The van der Waals surface area contributed by atoms with Gasteiger partial charge in [0.25, 0.3) is 0 Å². The van der Waals surface area contributed by atoms with Gasteiger partial charge in [0.2, 0.25) is 15.9 Å². The third kappa shape index (κ3) is 3.09. The van der Waals surface area contributed by atoms with Gasteiger partial charge in [-0.3, -0.25) is 9.78 Å². The van der Waals surface area contributed by atoms with Gasteiger partial charge < -0.3 is 9.47 Å². The number of rotatable bonds is 4. The van der Waals surface area contributed by atoms with Crippen LogP contribution in [-0.2, 0) is 27.9 Å². The molecule has 134 valence electrons. The molecule has 0 aliphatic carbocycles. The number of benzene rings is 1. The Hall–Kier alpha value is -2.71. The molecule has 0 atom stereocenters. The summed E-state index contributed by atoms with van der Waals surface area (Å²) in [6.07, 6.45) is 2.75. The van der Waals surface area contributed by atoms with E-state index in [0.717, 1.165) is 16.6 Å². The number of carbonyl (C=O) groups is 1. The topological polar surface area (TPSA) is 84.3 Å². The lowest BCUT2D eigenvalue weighted by Gasteiger charge is -2.29. The number of nitrogens with one attached hydrogen (secondary N) is 1. The second-order valence-electron chi connectivity index (χ2n) is 6.17. The van der Waals surface area contributed by atoms with Gasteiger partial charge in [-0.1, -0.05) is 18.2 Å². The maximum Gasteiger partial charge on any atom is 0.242 e. The predicted molar refractivity (Wildman–Crippen MR) is 96.8 cm³/mol. The Morgan fingerprint density at radius 1 is 1.15 bits per heavy atom. The van der Waals surface area contributed by atoms with E-state index >= 15 is 0 Å². The van der Waals surface area contributed by atoms with Crippen molar-refractivity contribution in [1.82, 2.24) is 19.2 Å². The molecule has 3 heterocycles. The number of hydrogen-bond donors (Lipinski definition) is 1. The lowest BCUT2D eigenvalue weighted by molar-refractivity contribution is -0.131. The van der Waals surface area contributed by atoms with E-state index in [9.17, 15) is 13.2 Å². The van der Waals surface area contributed by atoms with Crippen molar-refractivity contribution >= 4 is 26.8 Å². The first-order chi connectivity index (χ1) is 12.5. The van der Waals surface area contributed by atoms with Gasteiger partial charge in [0.1, 0.15) is 4.90 Å². The first kappa shape index (κ1) is 16.7. The Balaban J connectivity index is 1.45. The minimum Gasteiger partial charge on any atom is -0.341 e. The molecule has 0 saturated heterocycles. The van der Waals surface area contributed by atoms with E-state index in [1.54, 1.807) is 11.0 Å². The monoisotopic (exact) mass is 370 g/mol. The molecule has 0 radical (unpaired) electrons. The Kier molecular flexibility index (Phi) is 4.21. The number of para-hydroxylation sites is 1. The Morgan fingerprint density at radius 3 is 2.81 bits per heavy atom. The van der Waals surface area contributed by atoms with E-state index in [-0.39, 0.29) is 17.3 Å². The van der Waals surface area contributed by atoms with E-state index in [2.05, 4.69) is 32.5 Å². The van der Waals surface area contributed by atoms with E-state index in [0.29, 0.717) is 19.6 Å². The smallest absolute Gasteiger partial charge is 0.242 e. The number of fused-ring (bicyclic) bond motifs is 3. The zero-order valence-corrected chi connectivity index (χ0v) is 14.8.